The number of nitrogens with one attached hydrogen (secondary N) is 1. The molecule has 2 rings (SSSR count). The van der Waals surface area contributed by atoms with Crippen LogP contribution >= 0.6 is 0 Å². The maximum Gasteiger partial charge on any atom is 0.274 e. The second kappa shape index (κ2) is 4.61. The molecule has 0 radical (unpaired) electrons. The Labute approximate surface area is 97.8 Å². The number of azo groups is 1. The summed E-state index contributed by atoms with van der Waals surface area (Å²) >= 11 is 0. The lowest BCUT2D eigenvalue weighted by molar-refractivity contribution is -0.435. The summed E-state index contributed by atoms with van der Waals surface area (Å²) in [6.07, 6.45) is 3.45. The van der Waals surface area contributed by atoms with Gasteiger partial charge >= 0.3 is 0 Å². The van der Waals surface area contributed by atoms with Crippen molar-refractivity contribution in [2.24, 2.45) is 5.11 Å². The number of nitriles is 1. The van der Waals surface area contributed by atoms with Crippen molar-refractivity contribution >= 4 is 11.6 Å². The average Bonchev–Trinajstić information content (AvgIpc) is 3.13. The van der Waals surface area contributed by atoms with Crippen LogP contribution in [0.5, 0.6) is 0 Å². The van der Waals surface area contributed by atoms with E-state index < -0.39 is 0 Å². The smallest absolute Gasteiger partial charge is 0.274 e. The molecule has 0 unspecified atom stereocenters. The summed E-state index contributed by atoms with van der Waals surface area (Å²) in [6, 6.07) is 6.27. The molecular weight excluding hydrogens is 220 g/mol. The Morgan fingerprint density at radius 3 is 2.65 bits per heavy atom. The van der Waals surface area contributed by atoms with Gasteiger partial charge in [0.15, 0.2) is 0 Å². The highest BCUT2D eigenvalue weighted by Gasteiger charge is 2.23. The molecule has 0 aliphatic heterocycles. The minimum Gasteiger partial charge on any atom is -0.593 e. The van der Waals surface area contributed by atoms with Crippen molar-refractivity contribution in [1.82, 2.24) is 5.32 Å². The summed E-state index contributed by atoms with van der Waals surface area (Å²) in [5, 5.41) is 25.2. The third-order valence-corrected chi connectivity index (χ3v) is 2.40. The Bertz CT molecular complexity index is 497. The fourth-order valence-corrected chi connectivity index (χ4v) is 1.34. The Balaban J connectivity index is 2.09. The predicted molar refractivity (Wildman–Crippen MR) is 58.3 cm³/mol. The first-order chi connectivity index (χ1) is 8.20. The lowest BCUT2D eigenvalue weighted by Gasteiger charge is -2.03. The summed E-state index contributed by atoms with van der Waals surface area (Å²) in [5.41, 5.74) is 0.709. The Morgan fingerprint density at radius 2 is 2.12 bits per heavy atom. The van der Waals surface area contributed by atoms with Crippen molar-refractivity contribution in [2.75, 3.05) is 0 Å². The summed E-state index contributed by atoms with van der Waals surface area (Å²) in [6.45, 7) is 0. The highest BCUT2D eigenvalue weighted by molar-refractivity contribution is 5.94. The summed E-state index contributed by atoms with van der Waals surface area (Å²) in [4.78, 5) is 11.8. The molecule has 86 valence electrons. The van der Waals surface area contributed by atoms with E-state index in [0.717, 1.165) is 12.8 Å². The second-order valence-corrected chi connectivity index (χ2v) is 3.77. The van der Waals surface area contributed by atoms with Crippen LogP contribution in [-0.4, -0.2) is 16.8 Å². The number of amides is 1. The van der Waals surface area contributed by atoms with Crippen LogP contribution in [0.4, 0.5) is 5.69 Å². The zero-order valence-corrected chi connectivity index (χ0v) is 8.96. The number of hydrogen-bond acceptors (Lipinski definition) is 4. The van der Waals surface area contributed by atoms with Crippen molar-refractivity contribution < 1.29 is 9.66 Å². The van der Waals surface area contributed by atoms with Crippen LogP contribution in [0.15, 0.2) is 29.4 Å². The van der Waals surface area contributed by atoms with E-state index in [9.17, 15) is 10.0 Å². The van der Waals surface area contributed by atoms with Crippen LogP contribution in [0.25, 0.3) is 0 Å². The molecule has 1 aliphatic rings. The third-order valence-electron chi connectivity index (χ3n) is 2.40. The molecule has 1 amide bonds. The molecule has 6 nitrogen and oxygen atoms in total. The highest BCUT2D eigenvalue weighted by Crippen LogP contribution is 2.20. The Hall–Kier alpha value is -2.42. The molecule has 0 atom stereocenters. The number of rotatable bonds is 3. The van der Waals surface area contributed by atoms with E-state index in [1.165, 1.54) is 30.5 Å². The normalized spacial score (nSPS) is 15.1. The van der Waals surface area contributed by atoms with Crippen molar-refractivity contribution in [3.8, 4) is 6.19 Å². The first kappa shape index (κ1) is 11.1. The molecule has 0 spiro atoms. The standard InChI is InChI=1S/C11H10N4O2/c12-7-13-15(17)10-5-1-8(2-6-10)11(16)14-9-3-4-9/h1-2,5-6,9H,3-4H2,(H,14,16). The lowest BCUT2D eigenvalue weighted by Crippen LogP contribution is -2.25. The van der Waals surface area contributed by atoms with Crippen LogP contribution in [0.3, 0.4) is 0 Å². The molecule has 0 saturated heterocycles. The molecule has 1 aliphatic carbocycles. The fourth-order valence-electron chi connectivity index (χ4n) is 1.34. The molecule has 6 heteroatoms. The molecule has 1 saturated carbocycles. The van der Waals surface area contributed by atoms with Gasteiger partial charge in [0, 0.05) is 23.7 Å². The van der Waals surface area contributed by atoms with Crippen molar-refractivity contribution in [2.45, 2.75) is 18.9 Å². The average molecular weight is 230 g/mol. The topological polar surface area (TPSA) is 91.3 Å². The molecular formula is C11H10N4O2. The minimum absolute atomic E-state index is 0.145. The molecule has 1 N–H and O–H groups in total. The van der Waals surface area contributed by atoms with Gasteiger partial charge in [0.05, 0.1) is 5.11 Å². The quantitative estimate of drug-likeness (QED) is 0.370. The highest BCUT2D eigenvalue weighted by atomic mass is 16.5. The van der Waals surface area contributed by atoms with Gasteiger partial charge in [-0.05, 0) is 29.8 Å². The van der Waals surface area contributed by atoms with Gasteiger partial charge in [-0.1, -0.05) is 0 Å². The first-order valence-electron chi connectivity index (χ1n) is 5.18. The minimum atomic E-state index is -0.145. The van der Waals surface area contributed by atoms with E-state index in [2.05, 4.69) is 10.4 Å². The maximum absolute atomic E-state index is 11.6. The molecule has 1 aromatic carbocycles. The summed E-state index contributed by atoms with van der Waals surface area (Å²) < 4.78 is 0. The zero-order chi connectivity index (χ0) is 12.3. The first-order valence-corrected chi connectivity index (χ1v) is 5.18. The molecule has 0 bridgehead atoms. The van der Waals surface area contributed by atoms with Crippen LogP contribution in [0.1, 0.15) is 23.2 Å². The van der Waals surface area contributed by atoms with Gasteiger partial charge in [0.25, 0.3) is 12.1 Å². The van der Waals surface area contributed by atoms with Crippen molar-refractivity contribution in [3.63, 3.8) is 0 Å². The van der Waals surface area contributed by atoms with Gasteiger partial charge in [0.1, 0.15) is 0 Å². The third kappa shape index (κ3) is 2.78. The van der Waals surface area contributed by atoms with Crippen LogP contribution < -0.4 is 5.32 Å². The van der Waals surface area contributed by atoms with Gasteiger partial charge in [-0.2, -0.15) is 5.26 Å². The number of hydrogen-bond donors (Lipinski definition) is 1. The van der Waals surface area contributed by atoms with E-state index in [4.69, 9.17) is 5.26 Å². The monoisotopic (exact) mass is 230 g/mol. The maximum atomic E-state index is 11.6. The van der Waals surface area contributed by atoms with Gasteiger partial charge < -0.3 is 10.5 Å². The van der Waals surface area contributed by atoms with Crippen molar-refractivity contribution in [1.29, 1.82) is 5.26 Å². The lowest BCUT2D eigenvalue weighted by atomic mass is 10.2. The number of benzene rings is 1. The number of carbonyl (C=O) groups excluding carboxylic acids is 1. The van der Waals surface area contributed by atoms with E-state index in [1.807, 2.05) is 0 Å². The molecule has 0 heterocycles. The largest absolute Gasteiger partial charge is 0.593 e. The molecule has 1 fully saturated rings. The second-order valence-electron chi connectivity index (χ2n) is 3.77. The van der Waals surface area contributed by atoms with Gasteiger partial charge in [-0.3, -0.25) is 4.79 Å². The van der Waals surface area contributed by atoms with Crippen LogP contribution in [0, 0.1) is 16.7 Å². The fraction of sp³-hybridized carbons (Fsp3) is 0.273. The number of carbonyl (C=O) groups is 1. The van der Waals surface area contributed by atoms with Crippen molar-refractivity contribution in [3.05, 3.63) is 35.0 Å². The SMILES string of the molecule is N#CN=[N+]([O-])c1ccc(C(=O)NC2CC2)cc1. The predicted octanol–water partition coefficient (Wildman–Crippen LogP) is 1.65. The Kier molecular flexibility index (Phi) is 3.01. The van der Waals surface area contributed by atoms with Crippen LogP contribution in [-0.2, 0) is 0 Å². The molecule has 1 aromatic rings. The van der Waals surface area contributed by atoms with Gasteiger partial charge in [-0.25, -0.2) is 0 Å². The molecule has 0 aromatic heterocycles. The van der Waals surface area contributed by atoms with E-state index in [-0.39, 0.29) is 16.5 Å². The molecule has 17 heavy (non-hydrogen) atoms. The van der Waals surface area contributed by atoms with E-state index >= 15 is 0 Å². The van der Waals surface area contributed by atoms with Gasteiger partial charge in [0.2, 0.25) is 5.69 Å². The number of nitrogens with zero attached hydrogens (tertiary/aromatic N) is 3. The van der Waals surface area contributed by atoms with E-state index in [0.29, 0.717) is 11.6 Å². The van der Waals surface area contributed by atoms with Crippen LogP contribution in [0.2, 0.25) is 0 Å². The Morgan fingerprint density at radius 1 is 1.47 bits per heavy atom. The van der Waals surface area contributed by atoms with Gasteiger partial charge in [-0.15, -0.1) is 0 Å². The zero-order valence-electron chi connectivity index (χ0n) is 8.96. The summed E-state index contributed by atoms with van der Waals surface area (Å²) in [5.74, 6) is -0.145. The van der Waals surface area contributed by atoms with E-state index in [1.54, 1.807) is 0 Å². The summed E-state index contributed by atoms with van der Waals surface area (Å²) in [7, 11) is 0.